The van der Waals surface area contributed by atoms with E-state index < -0.39 is 27.3 Å². The first-order valence-corrected chi connectivity index (χ1v) is 8.89. The van der Waals surface area contributed by atoms with Crippen molar-refractivity contribution in [2.24, 2.45) is 5.92 Å². The molecule has 9 heteroatoms. The van der Waals surface area contributed by atoms with Crippen LogP contribution in [0.2, 0.25) is 0 Å². The number of aliphatic carboxylic acids is 2. The molecule has 0 amide bonds. The summed E-state index contributed by atoms with van der Waals surface area (Å²) in [4.78, 5) is 19.3. The maximum Gasteiger partial charge on any atom is 1.00 e. The van der Waals surface area contributed by atoms with Crippen molar-refractivity contribution < 1.29 is 62.3 Å². The smallest absolute Gasteiger partial charge is 0.748 e. The molecule has 0 saturated carbocycles. The van der Waals surface area contributed by atoms with E-state index >= 15 is 0 Å². The van der Waals surface area contributed by atoms with Gasteiger partial charge in [-0.05, 0) is 19.3 Å². The molecule has 0 aliphatic carbocycles. The van der Waals surface area contributed by atoms with Crippen LogP contribution in [0.4, 0.5) is 0 Å². The molecule has 0 saturated heterocycles. The van der Waals surface area contributed by atoms with Crippen molar-refractivity contribution in [1.29, 1.82) is 0 Å². The number of rotatable bonds is 10. The SMILES string of the molecule is CCCCC(CC)CC(C)S(=O)(=O)[O-].O=C(O)CCC(=O)O.[Na+]. The third kappa shape index (κ3) is 19.8. The van der Waals surface area contributed by atoms with E-state index in [1.807, 2.05) is 6.92 Å². The van der Waals surface area contributed by atoms with E-state index in [1.54, 1.807) is 0 Å². The van der Waals surface area contributed by atoms with E-state index in [1.165, 1.54) is 6.92 Å². The summed E-state index contributed by atoms with van der Waals surface area (Å²) in [6.45, 7) is 5.67. The predicted octanol–water partition coefficient (Wildman–Crippen LogP) is -0.534. The molecular formula is C14H27NaO7S. The second-order valence-electron chi connectivity index (χ2n) is 5.24. The molecule has 132 valence electrons. The molecule has 0 aromatic carbocycles. The van der Waals surface area contributed by atoms with Crippen molar-refractivity contribution in [3.8, 4) is 0 Å². The average molecular weight is 362 g/mol. The second kappa shape index (κ2) is 15.4. The zero-order chi connectivity index (χ0) is 17.8. The Morgan fingerprint density at radius 1 is 1.09 bits per heavy atom. The third-order valence-corrected chi connectivity index (χ3v) is 4.43. The first kappa shape index (κ1) is 27.7. The van der Waals surface area contributed by atoms with Crippen molar-refractivity contribution in [3.05, 3.63) is 0 Å². The van der Waals surface area contributed by atoms with Crippen LogP contribution >= 0.6 is 0 Å². The topological polar surface area (TPSA) is 132 Å². The van der Waals surface area contributed by atoms with Crippen molar-refractivity contribution in [2.45, 2.75) is 71.0 Å². The van der Waals surface area contributed by atoms with Crippen LogP contribution in [0.5, 0.6) is 0 Å². The van der Waals surface area contributed by atoms with Crippen LogP contribution in [0.1, 0.15) is 65.7 Å². The molecule has 2 N–H and O–H groups in total. The Labute approximate surface area is 160 Å². The molecule has 23 heavy (non-hydrogen) atoms. The fourth-order valence-corrected chi connectivity index (χ4v) is 2.29. The summed E-state index contributed by atoms with van der Waals surface area (Å²) in [6.07, 6.45) is 4.15. The zero-order valence-corrected chi connectivity index (χ0v) is 17.3. The molecule has 2 atom stereocenters. The van der Waals surface area contributed by atoms with Gasteiger partial charge in [-0.3, -0.25) is 9.59 Å². The summed E-state index contributed by atoms with van der Waals surface area (Å²) in [5.74, 6) is -1.77. The first-order chi connectivity index (χ1) is 10.0. The van der Waals surface area contributed by atoms with Gasteiger partial charge >= 0.3 is 41.5 Å². The number of hydrogen-bond donors (Lipinski definition) is 2. The van der Waals surface area contributed by atoms with Gasteiger partial charge in [0.1, 0.15) is 0 Å². The fourth-order valence-electron chi connectivity index (χ4n) is 1.78. The molecular weight excluding hydrogens is 335 g/mol. The minimum Gasteiger partial charge on any atom is -0.748 e. The van der Waals surface area contributed by atoms with E-state index in [4.69, 9.17) is 10.2 Å². The Morgan fingerprint density at radius 2 is 1.52 bits per heavy atom. The molecule has 0 spiro atoms. The number of carbonyl (C=O) groups is 2. The number of unbranched alkanes of at least 4 members (excludes halogenated alkanes) is 1. The fraction of sp³-hybridized carbons (Fsp3) is 0.857. The number of carboxylic acid groups (broad SMARTS) is 2. The molecule has 0 aliphatic heterocycles. The van der Waals surface area contributed by atoms with Gasteiger partial charge in [0.25, 0.3) is 0 Å². The van der Waals surface area contributed by atoms with Crippen molar-refractivity contribution in [1.82, 2.24) is 0 Å². The maximum absolute atomic E-state index is 10.7. The average Bonchev–Trinajstić information content (AvgIpc) is 2.40. The molecule has 0 radical (unpaired) electrons. The molecule has 0 rings (SSSR count). The van der Waals surface area contributed by atoms with Crippen LogP contribution in [-0.2, 0) is 19.7 Å². The largest absolute Gasteiger partial charge is 1.00 e. The number of carboxylic acids is 2. The van der Waals surface area contributed by atoms with Crippen molar-refractivity contribution in [3.63, 3.8) is 0 Å². The minimum absolute atomic E-state index is 0. The Morgan fingerprint density at radius 3 is 1.78 bits per heavy atom. The normalized spacial score (nSPS) is 13.0. The molecule has 0 bridgehead atoms. The van der Waals surface area contributed by atoms with Crippen LogP contribution in [-0.4, -0.2) is 40.4 Å². The van der Waals surface area contributed by atoms with Gasteiger partial charge in [-0.2, -0.15) is 0 Å². The van der Waals surface area contributed by atoms with Gasteiger partial charge in [0.2, 0.25) is 0 Å². The van der Waals surface area contributed by atoms with Crippen LogP contribution in [0.25, 0.3) is 0 Å². The van der Waals surface area contributed by atoms with Gasteiger partial charge in [0.05, 0.1) is 23.0 Å². The van der Waals surface area contributed by atoms with Gasteiger partial charge < -0.3 is 14.8 Å². The van der Waals surface area contributed by atoms with Crippen LogP contribution in [0, 0.1) is 5.92 Å². The van der Waals surface area contributed by atoms with Crippen LogP contribution < -0.4 is 29.6 Å². The van der Waals surface area contributed by atoms with Crippen LogP contribution in [0.3, 0.4) is 0 Å². The standard InChI is InChI=1S/C10H22O3S.C4H6O4.Na/c1-4-6-7-10(5-2)8-9(3)14(11,12)13;5-3(6)1-2-4(7)8;/h9-10H,4-8H2,1-3H3,(H,11,12,13);1-2H2,(H,5,6)(H,7,8);/q;;+1/p-1. The monoisotopic (exact) mass is 362 g/mol. The summed E-state index contributed by atoms with van der Waals surface area (Å²) in [5.41, 5.74) is 0. The Bertz CT molecular complexity index is 409. The van der Waals surface area contributed by atoms with Gasteiger partial charge in [0, 0.05) is 5.25 Å². The summed E-state index contributed by atoms with van der Waals surface area (Å²) in [7, 11) is -4.08. The van der Waals surface area contributed by atoms with E-state index in [9.17, 15) is 22.6 Å². The predicted molar refractivity (Wildman–Crippen MR) is 81.6 cm³/mol. The minimum atomic E-state index is -4.08. The molecule has 0 fully saturated rings. The van der Waals surface area contributed by atoms with E-state index in [-0.39, 0.29) is 42.4 Å². The summed E-state index contributed by atoms with van der Waals surface area (Å²) < 4.78 is 32.1. The summed E-state index contributed by atoms with van der Waals surface area (Å²) in [5, 5.41) is 15.1. The molecule has 7 nitrogen and oxygen atoms in total. The van der Waals surface area contributed by atoms with Crippen molar-refractivity contribution in [2.75, 3.05) is 0 Å². The van der Waals surface area contributed by atoms with E-state index in [0.29, 0.717) is 12.3 Å². The molecule has 0 aromatic rings. The quantitative estimate of drug-likeness (QED) is 0.394. The van der Waals surface area contributed by atoms with E-state index in [2.05, 4.69) is 6.92 Å². The summed E-state index contributed by atoms with van der Waals surface area (Å²) >= 11 is 0. The summed E-state index contributed by atoms with van der Waals surface area (Å²) in [6, 6.07) is 0. The molecule has 0 heterocycles. The van der Waals surface area contributed by atoms with Gasteiger partial charge in [-0.25, -0.2) is 8.42 Å². The Kier molecular flexibility index (Phi) is 18.5. The van der Waals surface area contributed by atoms with Crippen molar-refractivity contribution >= 4 is 22.1 Å². The number of hydrogen-bond acceptors (Lipinski definition) is 5. The Hall–Kier alpha value is -0.150. The third-order valence-electron chi connectivity index (χ3n) is 3.25. The molecule has 0 aromatic heterocycles. The first-order valence-electron chi connectivity index (χ1n) is 7.42. The van der Waals surface area contributed by atoms with E-state index in [0.717, 1.165) is 25.7 Å². The van der Waals surface area contributed by atoms with Crippen LogP contribution in [0.15, 0.2) is 0 Å². The second-order valence-corrected chi connectivity index (χ2v) is 7.03. The zero-order valence-electron chi connectivity index (χ0n) is 14.4. The molecule has 0 aliphatic rings. The molecule has 2 unspecified atom stereocenters. The van der Waals surface area contributed by atoms with Gasteiger partial charge in [0.15, 0.2) is 0 Å². The Balaban J connectivity index is -0.000000382. The van der Waals surface area contributed by atoms with Gasteiger partial charge in [-0.15, -0.1) is 0 Å². The van der Waals surface area contributed by atoms with Gasteiger partial charge in [-0.1, -0.05) is 39.5 Å². The maximum atomic E-state index is 10.7.